The fourth-order valence-electron chi connectivity index (χ4n) is 5.30. The van der Waals surface area contributed by atoms with Crippen molar-refractivity contribution in [3.8, 4) is 0 Å². The SMILES string of the molecule is CN(C(=O)C1CCCCC[C@@](N)(Cc2ccccc2)C(O)=[NH+]1)[C@@H](CCCN=C(N)N)C(=O)c1nc2ccccc2s1. The lowest BCUT2D eigenvalue weighted by atomic mass is 9.86. The largest absolute Gasteiger partial charge is 0.462 e. The monoisotopic (exact) mass is 578 g/mol. The maximum atomic E-state index is 13.9. The summed E-state index contributed by atoms with van der Waals surface area (Å²) in [5.74, 6) is -0.649. The number of hydrogen-bond acceptors (Lipinski definition) is 6. The molecule has 2 heterocycles. The number of hydrogen-bond donors (Lipinski definition) is 5. The van der Waals surface area contributed by atoms with Crippen molar-refractivity contribution in [2.75, 3.05) is 13.6 Å². The predicted molar refractivity (Wildman–Crippen MR) is 163 cm³/mol. The number of nitrogens with zero attached hydrogens (tertiary/aromatic N) is 3. The summed E-state index contributed by atoms with van der Waals surface area (Å²) in [6.45, 7) is 0.333. The van der Waals surface area contributed by atoms with Gasteiger partial charge < -0.3 is 27.2 Å². The van der Waals surface area contributed by atoms with E-state index in [1.807, 2.05) is 54.6 Å². The minimum absolute atomic E-state index is 0.0231. The first-order chi connectivity index (χ1) is 19.7. The first-order valence-electron chi connectivity index (χ1n) is 14.1. The van der Waals surface area contributed by atoms with Crippen molar-refractivity contribution in [1.82, 2.24) is 9.88 Å². The number of aliphatic hydroxyl groups excluding tert-OH is 1. The van der Waals surface area contributed by atoms with E-state index in [9.17, 15) is 14.7 Å². The molecule has 1 unspecified atom stereocenters. The summed E-state index contributed by atoms with van der Waals surface area (Å²) < 4.78 is 0.902. The molecule has 3 atom stereocenters. The zero-order valence-corrected chi connectivity index (χ0v) is 24.3. The van der Waals surface area contributed by atoms with Gasteiger partial charge in [-0.05, 0) is 43.4 Å². The van der Waals surface area contributed by atoms with Crippen LogP contribution in [-0.4, -0.2) is 69.8 Å². The number of amides is 1. The molecule has 3 aromatic rings. The molecule has 0 bridgehead atoms. The molecular weight excluding hydrogens is 538 g/mol. The Bertz CT molecular complexity index is 1370. The Labute approximate surface area is 244 Å². The van der Waals surface area contributed by atoms with Crippen LogP contribution in [0.4, 0.5) is 0 Å². The number of aliphatic hydroxyl groups is 1. The molecule has 0 fully saturated rings. The number of fused-ring (bicyclic) bond motifs is 1. The molecule has 41 heavy (non-hydrogen) atoms. The Morgan fingerprint density at radius 3 is 2.61 bits per heavy atom. The van der Waals surface area contributed by atoms with Crippen molar-refractivity contribution in [2.45, 2.75) is 69.0 Å². The van der Waals surface area contributed by atoms with Crippen molar-refractivity contribution in [1.29, 1.82) is 0 Å². The number of aromatic nitrogens is 1. The Morgan fingerprint density at radius 1 is 1.15 bits per heavy atom. The fourth-order valence-corrected chi connectivity index (χ4v) is 6.25. The fraction of sp³-hybridized carbons (Fsp3) is 0.433. The van der Waals surface area contributed by atoms with E-state index >= 15 is 0 Å². The molecule has 4 rings (SSSR count). The van der Waals surface area contributed by atoms with Gasteiger partial charge in [-0.25, -0.2) is 9.98 Å². The molecule has 0 radical (unpaired) electrons. The maximum absolute atomic E-state index is 13.9. The van der Waals surface area contributed by atoms with Crippen LogP contribution in [0.1, 0.15) is 60.3 Å². The van der Waals surface area contributed by atoms with Crippen LogP contribution < -0.4 is 22.2 Å². The minimum atomic E-state index is -1.03. The van der Waals surface area contributed by atoms with E-state index in [4.69, 9.17) is 17.2 Å². The third-order valence-corrected chi connectivity index (χ3v) is 8.66. The quantitative estimate of drug-likeness (QED) is 0.105. The Balaban J connectivity index is 1.59. The Kier molecular flexibility index (Phi) is 10.1. The zero-order valence-electron chi connectivity index (χ0n) is 23.5. The van der Waals surface area contributed by atoms with Crippen molar-refractivity contribution < 1.29 is 19.7 Å². The average Bonchev–Trinajstić information content (AvgIpc) is 3.42. The van der Waals surface area contributed by atoms with Gasteiger partial charge >= 0.3 is 5.90 Å². The van der Waals surface area contributed by atoms with Crippen LogP contribution in [0.25, 0.3) is 10.2 Å². The molecule has 0 spiro atoms. The number of benzene rings is 2. The molecule has 1 amide bonds. The van der Waals surface area contributed by atoms with Crippen LogP contribution >= 0.6 is 11.3 Å². The number of carbonyl (C=O) groups is 2. The lowest BCUT2D eigenvalue weighted by Gasteiger charge is -2.28. The first kappa shape index (κ1) is 30.1. The number of Topliss-reactive ketones (excluding diaryl/α,β-unsaturated/α-hetero) is 1. The van der Waals surface area contributed by atoms with Crippen LogP contribution in [0, 0.1) is 0 Å². The summed E-state index contributed by atoms with van der Waals surface area (Å²) in [5, 5.41) is 11.6. The lowest BCUT2D eigenvalue weighted by Crippen LogP contribution is -2.87. The average molecular weight is 579 g/mol. The van der Waals surface area contributed by atoms with E-state index in [2.05, 4.69) is 15.0 Å². The second-order valence-corrected chi connectivity index (χ2v) is 11.8. The van der Waals surface area contributed by atoms with Gasteiger partial charge in [0.15, 0.2) is 11.0 Å². The number of nitrogens with two attached hydrogens (primary N) is 3. The highest BCUT2D eigenvalue weighted by Gasteiger charge is 2.41. The number of para-hydroxylation sites is 1. The van der Waals surface area contributed by atoms with E-state index in [0.29, 0.717) is 43.7 Å². The highest BCUT2D eigenvalue weighted by atomic mass is 32.1. The van der Waals surface area contributed by atoms with Crippen molar-refractivity contribution in [3.63, 3.8) is 0 Å². The number of nitrogens with one attached hydrogen (secondary N) is 1. The molecule has 11 heteroatoms. The lowest BCUT2D eigenvalue weighted by molar-refractivity contribution is -0.501. The number of rotatable bonds is 10. The number of thiazole rings is 1. The summed E-state index contributed by atoms with van der Waals surface area (Å²) in [7, 11) is 1.63. The zero-order chi connectivity index (χ0) is 29.4. The standard InChI is InChI=1S/C30H39N7O3S/c1-37(23(15-10-18-34-29(31)32)25(38)26-35-21-13-7-8-16-24(21)41-26)27(39)22-14-6-3-9-17-30(33,28(40)36-22)19-20-11-4-2-5-12-20/h2,4-5,7-8,11-13,16,22-23H,3,6,9-10,14-15,17-19,33H2,1H3,(H,36,40)(H4,31,32,34)/p+1/t22?,23-,30+/m0/s1. The van der Waals surface area contributed by atoms with Crippen molar-refractivity contribution >= 4 is 45.1 Å². The topological polar surface area (TPSA) is 175 Å². The molecule has 2 aromatic carbocycles. The molecule has 1 aliphatic heterocycles. The second-order valence-electron chi connectivity index (χ2n) is 10.7. The molecule has 0 aliphatic carbocycles. The van der Waals surface area contributed by atoms with Gasteiger partial charge in [-0.2, -0.15) is 0 Å². The third-order valence-electron chi connectivity index (χ3n) is 7.61. The molecule has 0 saturated carbocycles. The highest BCUT2D eigenvalue weighted by molar-refractivity contribution is 7.20. The van der Waals surface area contributed by atoms with Gasteiger partial charge in [-0.1, -0.05) is 55.3 Å². The molecule has 1 aromatic heterocycles. The first-order valence-corrected chi connectivity index (χ1v) is 14.9. The predicted octanol–water partition coefficient (Wildman–Crippen LogP) is 1.67. The maximum Gasteiger partial charge on any atom is 0.353 e. The molecule has 1 aliphatic rings. The van der Waals surface area contributed by atoms with Crippen molar-refractivity contribution in [3.05, 3.63) is 65.2 Å². The van der Waals surface area contributed by atoms with Gasteiger partial charge in [0.25, 0.3) is 5.91 Å². The number of ketones is 1. The second kappa shape index (κ2) is 13.7. The summed E-state index contributed by atoms with van der Waals surface area (Å²) in [6.07, 6.45) is 4.87. The van der Waals surface area contributed by atoms with Gasteiger partial charge in [0.1, 0.15) is 5.54 Å². The number of carbonyl (C=O) groups excluding carboxylic acids is 2. The molecule has 8 N–H and O–H groups in total. The smallest absolute Gasteiger partial charge is 0.353 e. The summed E-state index contributed by atoms with van der Waals surface area (Å²) in [6, 6.07) is 15.8. The van der Waals surface area contributed by atoms with Crippen LogP contribution in [-0.2, 0) is 11.2 Å². The molecule has 0 saturated heterocycles. The van der Waals surface area contributed by atoms with Crippen LogP contribution in [0.2, 0.25) is 0 Å². The van der Waals surface area contributed by atoms with Gasteiger partial charge in [0, 0.05) is 26.4 Å². The normalized spacial score (nSPS) is 20.2. The number of likely N-dealkylation sites (N-methyl/N-ethyl adjacent to an activating group) is 1. The van der Waals surface area contributed by atoms with Crippen LogP contribution in [0.15, 0.2) is 59.6 Å². The number of aliphatic imine (C=N–C) groups is 1. The number of guanidine groups is 1. The Morgan fingerprint density at radius 2 is 1.88 bits per heavy atom. The Hall–Kier alpha value is -3.83. The third kappa shape index (κ3) is 7.68. The van der Waals surface area contributed by atoms with E-state index < -0.39 is 17.6 Å². The van der Waals surface area contributed by atoms with Crippen molar-refractivity contribution in [2.24, 2.45) is 22.2 Å². The van der Waals surface area contributed by atoms with Gasteiger partial charge in [0.2, 0.25) is 11.8 Å². The highest BCUT2D eigenvalue weighted by Crippen LogP contribution is 2.25. The molecule has 10 nitrogen and oxygen atoms in total. The van der Waals surface area contributed by atoms with Crippen LogP contribution in [0.3, 0.4) is 0 Å². The van der Waals surface area contributed by atoms with Crippen LogP contribution in [0.5, 0.6) is 0 Å². The van der Waals surface area contributed by atoms with E-state index in [1.165, 1.54) is 16.2 Å². The minimum Gasteiger partial charge on any atom is -0.462 e. The van der Waals surface area contributed by atoms with Gasteiger partial charge in [0.05, 0.1) is 16.3 Å². The van der Waals surface area contributed by atoms with E-state index in [-0.39, 0.29) is 23.5 Å². The van der Waals surface area contributed by atoms with Gasteiger partial charge in [-0.3, -0.25) is 14.6 Å². The summed E-state index contributed by atoms with van der Waals surface area (Å²) >= 11 is 1.31. The van der Waals surface area contributed by atoms with E-state index in [0.717, 1.165) is 35.0 Å². The summed E-state index contributed by atoms with van der Waals surface area (Å²) in [5.41, 5.74) is 18.4. The summed E-state index contributed by atoms with van der Waals surface area (Å²) in [4.78, 5) is 40.8. The van der Waals surface area contributed by atoms with E-state index in [1.54, 1.807) is 7.05 Å². The molecule has 218 valence electrons. The molecular formula is C30H40N7O3S+. The van der Waals surface area contributed by atoms with Gasteiger partial charge in [-0.15, -0.1) is 11.3 Å².